The highest BCUT2D eigenvalue weighted by Gasteiger charge is 2.03. The molecule has 0 saturated carbocycles. The van der Waals surface area contributed by atoms with Gasteiger partial charge in [-0.1, -0.05) is 0 Å². The molecule has 1 aliphatic carbocycles. The normalized spacial score (nSPS) is 18.2. The molecular formula is C4H4Cl. The maximum atomic E-state index is 5.30. The number of rotatable bonds is 1. The van der Waals surface area contributed by atoms with Crippen molar-refractivity contribution in [3.63, 3.8) is 0 Å². The maximum Gasteiger partial charge on any atom is 0.0442 e. The van der Waals surface area contributed by atoms with Crippen molar-refractivity contribution < 1.29 is 0 Å². The van der Waals surface area contributed by atoms with E-state index in [-0.39, 0.29) is 0 Å². The Bertz CT molecular complexity index is 64.0. The molecule has 5 heavy (non-hydrogen) atoms. The summed E-state index contributed by atoms with van der Waals surface area (Å²) < 4.78 is 0. The summed E-state index contributed by atoms with van der Waals surface area (Å²) in [5.74, 6) is 0.694. The van der Waals surface area contributed by atoms with E-state index in [4.69, 9.17) is 11.6 Å². The number of alkyl halides is 1. The van der Waals surface area contributed by atoms with E-state index in [1.807, 2.05) is 0 Å². The first-order valence-corrected chi connectivity index (χ1v) is 2.11. The smallest absolute Gasteiger partial charge is 0.0442 e. The molecule has 0 bridgehead atoms. The van der Waals surface area contributed by atoms with Gasteiger partial charge in [-0.3, -0.25) is 0 Å². The third-order valence-corrected chi connectivity index (χ3v) is 0.911. The van der Waals surface area contributed by atoms with Gasteiger partial charge < -0.3 is 0 Å². The molecule has 0 nitrogen and oxygen atoms in total. The van der Waals surface area contributed by atoms with E-state index in [1.165, 1.54) is 5.57 Å². The van der Waals surface area contributed by atoms with Crippen LogP contribution < -0.4 is 0 Å². The number of hydrogen-bond acceptors (Lipinski definition) is 0. The second-order valence-corrected chi connectivity index (χ2v) is 1.36. The quantitative estimate of drug-likeness (QED) is 0.424. The van der Waals surface area contributed by atoms with Gasteiger partial charge in [0, 0.05) is 5.88 Å². The Morgan fingerprint density at radius 2 is 2.60 bits per heavy atom. The van der Waals surface area contributed by atoms with Gasteiger partial charge in [-0.05, 0) is 18.1 Å². The average molecular weight is 87.5 g/mol. The molecule has 0 amide bonds. The minimum absolute atomic E-state index is 0.694. The molecule has 0 aliphatic heterocycles. The lowest BCUT2D eigenvalue weighted by Gasteiger charge is -1.64. The van der Waals surface area contributed by atoms with Crippen molar-refractivity contribution in [2.75, 3.05) is 5.88 Å². The summed E-state index contributed by atoms with van der Waals surface area (Å²) >= 11 is 5.30. The van der Waals surface area contributed by atoms with Crippen molar-refractivity contribution >= 4 is 11.6 Å². The minimum atomic E-state index is 0.694. The fraction of sp³-hybridized carbons (Fsp3) is 0.500. The highest BCUT2D eigenvalue weighted by molar-refractivity contribution is 6.19. The summed E-state index contributed by atoms with van der Waals surface area (Å²) in [6.45, 7) is 0. The van der Waals surface area contributed by atoms with Crippen LogP contribution in [0.1, 0.15) is 6.42 Å². The van der Waals surface area contributed by atoms with Gasteiger partial charge in [0.2, 0.25) is 0 Å². The molecule has 1 rings (SSSR count). The monoisotopic (exact) mass is 87.0 g/mol. The third-order valence-electron chi connectivity index (χ3n) is 0.588. The molecular weight excluding hydrogens is 83.5 g/mol. The van der Waals surface area contributed by atoms with Crippen LogP contribution in [0, 0.1) is 6.08 Å². The molecule has 1 aliphatic rings. The topological polar surface area (TPSA) is 0 Å². The standard InChI is InChI=1S/C4H4Cl/c5-3-4-1-2-4/h1,3H2. The lowest BCUT2D eigenvalue weighted by Crippen LogP contribution is -1.55. The highest BCUT2D eigenvalue weighted by atomic mass is 35.5. The van der Waals surface area contributed by atoms with Crippen molar-refractivity contribution in [1.29, 1.82) is 0 Å². The summed E-state index contributed by atoms with van der Waals surface area (Å²) in [5, 5.41) is 0. The molecule has 0 atom stereocenters. The van der Waals surface area contributed by atoms with E-state index in [2.05, 4.69) is 6.08 Å². The SMILES string of the molecule is ClCC1=[C]C1. The van der Waals surface area contributed by atoms with Crippen LogP contribution in [0.4, 0.5) is 0 Å². The second kappa shape index (κ2) is 1.02. The molecule has 0 aromatic rings. The van der Waals surface area contributed by atoms with Crippen molar-refractivity contribution in [1.82, 2.24) is 0 Å². The zero-order chi connectivity index (χ0) is 3.70. The van der Waals surface area contributed by atoms with Gasteiger partial charge in [-0.25, -0.2) is 0 Å². The summed E-state index contributed by atoms with van der Waals surface area (Å²) in [6.07, 6.45) is 4.01. The lowest BCUT2D eigenvalue weighted by molar-refractivity contribution is 1.48. The summed E-state index contributed by atoms with van der Waals surface area (Å²) in [4.78, 5) is 0. The number of hydrogen-bond donors (Lipinski definition) is 0. The van der Waals surface area contributed by atoms with E-state index >= 15 is 0 Å². The van der Waals surface area contributed by atoms with E-state index in [9.17, 15) is 0 Å². The van der Waals surface area contributed by atoms with E-state index in [0.717, 1.165) is 6.42 Å². The Kier molecular flexibility index (Phi) is 0.657. The van der Waals surface area contributed by atoms with Crippen LogP contribution in [0.15, 0.2) is 5.57 Å². The van der Waals surface area contributed by atoms with Crippen LogP contribution in [0.5, 0.6) is 0 Å². The van der Waals surface area contributed by atoms with Gasteiger partial charge >= 0.3 is 0 Å². The third kappa shape index (κ3) is 0.656. The van der Waals surface area contributed by atoms with Crippen LogP contribution >= 0.6 is 11.6 Å². The predicted molar refractivity (Wildman–Crippen MR) is 22.1 cm³/mol. The first kappa shape index (κ1) is 3.23. The van der Waals surface area contributed by atoms with Crippen LogP contribution in [-0.2, 0) is 0 Å². The van der Waals surface area contributed by atoms with E-state index in [1.54, 1.807) is 0 Å². The van der Waals surface area contributed by atoms with Gasteiger partial charge in [-0.15, -0.1) is 11.6 Å². The number of halogens is 1. The van der Waals surface area contributed by atoms with Crippen molar-refractivity contribution in [3.8, 4) is 0 Å². The molecule has 0 fully saturated rings. The molecule has 0 N–H and O–H groups in total. The van der Waals surface area contributed by atoms with Gasteiger partial charge in [0.15, 0.2) is 0 Å². The van der Waals surface area contributed by atoms with E-state index in [0.29, 0.717) is 5.88 Å². The van der Waals surface area contributed by atoms with Gasteiger partial charge in [0.25, 0.3) is 0 Å². The largest absolute Gasteiger partial charge is 0.122 e. The molecule has 1 radical (unpaired) electrons. The first-order chi connectivity index (χ1) is 2.43. The summed E-state index contributed by atoms with van der Waals surface area (Å²) in [5.41, 5.74) is 1.27. The van der Waals surface area contributed by atoms with Crippen LogP contribution in [0.2, 0.25) is 0 Å². The highest BCUT2D eigenvalue weighted by Crippen LogP contribution is 2.16. The van der Waals surface area contributed by atoms with Crippen LogP contribution in [-0.4, -0.2) is 5.88 Å². The Morgan fingerprint density at radius 3 is 2.60 bits per heavy atom. The average Bonchev–Trinajstić information content (AvgIpc) is 2.12. The Hall–Kier alpha value is 0.0300. The van der Waals surface area contributed by atoms with Crippen molar-refractivity contribution in [2.45, 2.75) is 6.42 Å². The van der Waals surface area contributed by atoms with Crippen LogP contribution in [0.3, 0.4) is 0 Å². The fourth-order valence-corrected chi connectivity index (χ4v) is 0.346. The minimum Gasteiger partial charge on any atom is -0.122 e. The zero-order valence-electron chi connectivity index (χ0n) is 2.79. The first-order valence-electron chi connectivity index (χ1n) is 1.58. The Morgan fingerprint density at radius 1 is 2.00 bits per heavy atom. The molecule has 0 aromatic heterocycles. The molecule has 0 saturated heterocycles. The number of allylic oxidation sites excluding steroid dienone is 2. The molecule has 0 aromatic carbocycles. The zero-order valence-corrected chi connectivity index (χ0v) is 3.55. The van der Waals surface area contributed by atoms with Crippen molar-refractivity contribution in [3.05, 3.63) is 11.6 Å². The predicted octanol–water partition coefficient (Wildman–Crippen LogP) is 1.36. The maximum absolute atomic E-state index is 5.30. The van der Waals surface area contributed by atoms with Gasteiger partial charge in [0.1, 0.15) is 0 Å². The fourth-order valence-electron chi connectivity index (χ4n) is 0.157. The Labute approximate surface area is 36.4 Å². The Balaban J connectivity index is 2.22. The second-order valence-electron chi connectivity index (χ2n) is 1.09. The summed E-state index contributed by atoms with van der Waals surface area (Å²) in [7, 11) is 0. The molecule has 0 heterocycles. The van der Waals surface area contributed by atoms with Crippen LogP contribution in [0.25, 0.3) is 0 Å². The van der Waals surface area contributed by atoms with Gasteiger partial charge in [-0.2, -0.15) is 0 Å². The molecule has 0 unspecified atom stereocenters. The van der Waals surface area contributed by atoms with Gasteiger partial charge in [0.05, 0.1) is 0 Å². The molecule has 27 valence electrons. The summed E-state index contributed by atoms with van der Waals surface area (Å²) in [6, 6.07) is 0. The molecule has 0 spiro atoms. The lowest BCUT2D eigenvalue weighted by atomic mass is 10.6. The molecule has 1 heteroatoms. The van der Waals surface area contributed by atoms with E-state index < -0.39 is 0 Å². The van der Waals surface area contributed by atoms with Crippen molar-refractivity contribution in [2.24, 2.45) is 0 Å².